The van der Waals surface area contributed by atoms with Gasteiger partial charge in [0.25, 0.3) is 0 Å². The molecule has 3 rings (SSSR count). The molecule has 1 heterocycles. The number of aromatic nitrogens is 2. The Kier molecular flexibility index (Phi) is 4.91. The number of aliphatic hydroxyl groups is 2. The minimum absolute atomic E-state index is 0.291. The van der Waals surface area contributed by atoms with Gasteiger partial charge < -0.3 is 10.2 Å². The third-order valence-corrected chi connectivity index (χ3v) is 4.32. The van der Waals surface area contributed by atoms with Crippen molar-refractivity contribution in [3.63, 3.8) is 0 Å². The van der Waals surface area contributed by atoms with Gasteiger partial charge in [0, 0.05) is 22.7 Å². The molecule has 0 spiro atoms. The molecule has 0 aliphatic rings. The van der Waals surface area contributed by atoms with Gasteiger partial charge in [-0.25, -0.2) is 4.68 Å². The van der Waals surface area contributed by atoms with Gasteiger partial charge in [0.15, 0.2) is 0 Å². The molecule has 0 aliphatic heterocycles. The number of nitrogens with zero attached hydrogens (tertiary/aromatic N) is 2. The Bertz CT molecular complexity index is 759. The van der Waals surface area contributed by atoms with E-state index in [0.717, 1.165) is 11.3 Å². The lowest BCUT2D eigenvalue weighted by molar-refractivity contribution is 0.0346. The fourth-order valence-corrected chi connectivity index (χ4v) is 2.78. The van der Waals surface area contributed by atoms with E-state index >= 15 is 0 Å². The average Bonchev–Trinajstić information content (AvgIpc) is 3.07. The molecule has 0 radical (unpaired) electrons. The highest BCUT2D eigenvalue weighted by atomic mass is 79.9. The number of rotatable bonds is 5. The van der Waals surface area contributed by atoms with Crippen LogP contribution < -0.4 is 0 Å². The first kappa shape index (κ1) is 15.9. The first-order valence-electron chi connectivity index (χ1n) is 7.33. The van der Waals surface area contributed by atoms with Crippen molar-refractivity contribution in [1.82, 2.24) is 9.78 Å². The highest BCUT2D eigenvalue weighted by Gasteiger charge is 2.24. The van der Waals surface area contributed by atoms with Crippen molar-refractivity contribution in [1.29, 1.82) is 0 Å². The van der Waals surface area contributed by atoms with Crippen molar-refractivity contribution in [3.05, 3.63) is 72.4 Å². The Morgan fingerprint density at radius 1 is 0.957 bits per heavy atom. The van der Waals surface area contributed by atoms with E-state index in [-0.39, 0.29) is 0 Å². The molecule has 0 aliphatic carbocycles. The SMILES string of the molecule is OC(CBr)C(O)c1cn(-c2ccccc2)nc1-c1ccccc1. The third kappa shape index (κ3) is 3.37. The van der Waals surface area contributed by atoms with Gasteiger partial charge in [-0.15, -0.1) is 0 Å². The summed E-state index contributed by atoms with van der Waals surface area (Å²) < 4.78 is 1.72. The maximum Gasteiger partial charge on any atom is 0.109 e. The summed E-state index contributed by atoms with van der Waals surface area (Å²) in [5.74, 6) is 0. The molecule has 2 aromatic carbocycles. The summed E-state index contributed by atoms with van der Waals surface area (Å²) in [6, 6.07) is 19.4. The Labute approximate surface area is 143 Å². The number of para-hydroxylation sites is 1. The molecule has 2 unspecified atom stereocenters. The molecule has 1 aromatic heterocycles. The van der Waals surface area contributed by atoms with Crippen molar-refractivity contribution < 1.29 is 10.2 Å². The van der Waals surface area contributed by atoms with Crippen molar-refractivity contribution in [2.75, 3.05) is 5.33 Å². The van der Waals surface area contributed by atoms with Gasteiger partial charge in [0.2, 0.25) is 0 Å². The topological polar surface area (TPSA) is 58.3 Å². The standard InChI is InChI=1S/C18H17BrN2O2/c19-11-16(22)18(23)15-12-21(14-9-5-2-6-10-14)20-17(15)13-7-3-1-4-8-13/h1-10,12,16,18,22-23H,11H2. The zero-order valence-corrected chi connectivity index (χ0v) is 14.0. The van der Waals surface area contributed by atoms with Gasteiger partial charge >= 0.3 is 0 Å². The van der Waals surface area contributed by atoms with Crippen LogP contribution in [0.4, 0.5) is 0 Å². The van der Waals surface area contributed by atoms with Gasteiger partial charge in [-0.1, -0.05) is 64.5 Å². The largest absolute Gasteiger partial charge is 0.389 e. The van der Waals surface area contributed by atoms with E-state index in [0.29, 0.717) is 16.6 Å². The van der Waals surface area contributed by atoms with Crippen LogP contribution in [0.15, 0.2) is 66.9 Å². The maximum absolute atomic E-state index is 10.5. The van der Waals surface area contributed by atoms with Crippen LogP contribution in [0.5, 0.6) is 0 Å². The molecule has 0 amide bonds. The fraction of sp³-hybridized carbons (Fsp3) is 0.167. The molecule has 118 valence electrons. The molecule has 0 bridgehead atoms. The first-order valence-corrected chi connectivity index (χ1v) is 8.45. The van der Waals surface area contributed by atoms with Gasteiger partial charge in [0.1, 0.15) is 6.10 Å². The van der Waals surface area contributed by atoms with E-state index in [9.17, 15) is 10.2 Å². The minimum Gasteiger partial charge on any atom is -0.389 e. The summed E-state index contributed by atoms with van der Waals surface area (Å²) >= 11 is 3.21. The van der Waals surface area contributed by atoms with Crippen molar-refractivity contribution in [3.8, 4) is 16.9 Å². The van der Waals surface area contributed by atoms with E-state index in [1.807, 2.05) is 60.7 Å². The van der Waals surface area contributed by atoms with Crippen LogP contribution in [0.3, 0.4) is 0 Å². The first-order chi connectivity index (χ1) is 11.2. The number of benzene rings is 2. The van der Waals surface area contributed by atoms with Crippen LogP contribution in [0, 0.1) is 0 Å². The van der Waals surface area contributed by atoms with Gasteiger partial charge in [-0.2, -0.15) is 5.10 Å². The lowest BCUT2D eigenvalue weighted by Crippen LogP contribution is -2.19. The number of alkyl halides is 1. The number of hydrogen-bond acceptors (Lipinski definition) is 3. The monoisotopic (exact) mass is 372 g/mol. The molecule has 2 atom stereocenters. The molecule has 2 N–H and O–H groups in total. The van der Waals surface area contributed by atoms with Crippen LogP contribution in [-0.2, 0) is 0 Å². The van der Waals surface area contributed by atoms with Crippen LogP contribution >= 0.6 is 15.9 Å². The van der Waals surface area contributed by atoms with Crippen LogP contribution in [0.2, 0.25) is 0 Å². The fourth-order valence-electron chi connectivity index (χ4n) is 2.43. The molecule has 4 nitrogen and oxygen atoms in total. The lowest BCUT2D eigenvalue weighted by atomic mass is 10.0. The molecule has 5 heteroatoms. The lowest BCUT2D eigenvalue weighted by Gasteiger charge is -2.15. The smallest absolute Gasteiger partial charge is 0.109 e. The van der Waals surface area contributed by atoms with E-state index in [1.165, 1.54) is 0 Å². The summed E-state index contributed by atoms with van der Waals surface area (Å²) in [6.07, 6.45) is -0.137. The normalized spacial score (nSPS) is 13.7. The van der Waals surface area contributed by atoms with Gasteiger partial charge in [-0.3, -0.25) is 0 Å². The van der Waals surface area contributed by atoms with Crippen molar-refractivity contribution >= 4 is 15.9 Å². The zero-order valence-electron chi connectivity index (χ0n) is 12.4. The van der Waals surface area contributed by atoms with Crippen molar-refractivity contribution in [2.45, 2.75) is 12.2 Å². The maximum atomic E-state index is 10.5. The Balaban J connectivity index is 2.11. The predicted octanol–water partition coefficient (Wildman–Crippen LogP) is 3.33. The molecule has 0 fully saturated rings. The molecular formula is C18H17BrN2O2. The van der Waals surface area contributed by atoms with E-state index in [4.69, 9.17) is 0 Å². The number of aliphatic hydroxyl groups excluding tert-OH is 2. The summed E-state index contributed by atoms with van der Waals surface area (Å²) in [7, 11) is 0. The van der Waals surface area contributed by atoms with Crippen molar-refractivity contribution in [2.24, 2.45) is 0 Å². The second-order valence-corrected chi connectivity index (χ2v) is 5.89. The minimum atomic E-state index is -1.01. The molecule has 0 saturated carbocycles. The summed E-state index contributed by atoms with van der Waals surface area (Å²) in [4.78, 5) is 0. The number of halogens is 1. The van der Waals surface area contributed by atoms with Crippen LogP contribution in [0.1, 0.15) is 11.7 Å². The van der Waals surface area contributed by atoms with E-state index in [1.54, 1.807) is 10.9 Å². The quantitative estimate of drug-likeness (QED) is 0.675. The Morgan fingerprint density at radius 2 is 1.57 bits per heavy atom. The Morgan fingerprint density at radius 3 is 2.17 bits per heavy atom. The van der Waals surface area contributed by atoms with Crippen LogP contribution in [0.25, 0.3) is 16.9 Å². The highest BCUT2D eigenvalue weighted by Crippen LogP contribution is 2.30. The second-order valence-electron chi connectivity index (χ2n) is 5.25. The zero-order chi connectivity index (χ0) is 16.2. The van der Waals surface area contributed by atoms with Gasteiger partial charge in [-0.05, 0) is 12.1 Å². The van der Waals surface area contributed by atoms with E-state index < -0.39 is 12.2 Å². The molecule has 23 heavy (non-hydrogen) atoms. The molecular weight excluding hydrogens is 356 g/mol. The average molecular weight is 373 g/mol. The second kappa shape index (κ2) is 7.08. The molecule has 3 aromatic rings. The Hall–Kier alpha value is -1.95. The summed E-state index contributed by atoms with van der Waals surface area (Å²) in [6.45, 7) is 0. The highest BCUT2D eigenvalue weighted by molar-refractivity contribution is 9.09. The predicted molar refractivity (Wildman–Crippen MR) is 93.8 cm³/mol. The van der Waals surface area contributed by atoms with Crippen LogP contribution in [-0.4, -0.2) is 31.4 Å². The third-order valence-electron chi connectivity index (χ3n) is 3.65. The van der Waals surface area contributed by atoms with E-state index in [2.05, 4.69) is 21.0 Å². The summed E-state index contributed by atoms with van der Waals surface area (Å²) in [5.41, 5.74) is 3.07. The number of hydrogen-bond donors (Lipinski definition) is 2. The molecule has 0 saturated heterocycles. The summed E-state index contributed by atoms with van der Waals surface area (Å²) in [5, 5.41) is 25.4. The van der Waals surface area contributed by atoms with Gasteiger partial charge in [0.05, 0.1) is 17.5 Å².